The molecule has 0 radical (unpaired) electrons. The van der Waals surface area contributed by atoms with Crippen LogP contribution in [-0.4, -0.2) is 117 Å². The molecule has 1 aromatic carbocycles. The Hall–Kier alpha value is -5.45. The highest BCUT2D eigenvalue weighted by molar-refractivity contribution is 7.14. The number of aromatic nitrogens is 2. The third-order valence-electron chi connectivity index (χ3n) is 13.0. The van der Waals surface area contributed by atoms with Gasteiger partial charge in [0.2, 0.25) is 17.7 Å². The Morgan fingerprint density at radius 3 is 2.52 bits per heavy atom. The molecular formula is C48H68N8O8S. The fourth-order valence-corrected chi connectivity index (χ4v) is 9.75. The zero-order valence-electron chi connectivity index (χ0n) is 39.1. The van der Waals surface area contributed by atoms with Crippen LogP contribution in [0.4, 0.5) is 9.93 Å². The number of allylic oxidation sites excluding steroid dienone is 1. The van der Waals surface area contributed by atoms with Crippen molar-refractivity contribution in [3.63, 3.8) is 0 Å². The van der Waals surface area contributed by atoms with Crippen molar-refractivity contribution in [1.82, 2.24) is 35.7 Å². The predicted molar refractivity (Wildman–Crippen MR) is 252 cm³/mol. The number of carbonyl (C=O) groups is 5. The number of benzene rings is 1. The molecule has 1 aliphatic carbocycles. The number of unbranched alkanes of at least 4 members (excludes halogenated alkanes) is 4. The predicted octanol–water partition coefficient (Wildman–Crippen LogP) is 7.14. The Morgan fingerprint density at radius 1 is 1.06 bits per heavy atom. The number of likely N-dealkylation sites (tertiary alicyclic amines) is 2. The first-order valence-corrected chi connectivity index (χ1v) is 23.9. The standard InChI is InChI=1S/C48H68N8O8S/c1-9-10-11-12-13-14-17-31-24-48(31,43(60)61)54-42(59)47(7)25-33(27-56(47)41(58)26-49-44(62)53-39(46(4,5)6)28-55-21-16-15-18-40(55)57)64-38-23-36(37-29-65-45(52-37)50-30(2)3)51-35-22-32(63-8)19-20-34(35)38/h9,19-20,22-23,29-31,33,39H,1,10-18,21,24-28H2,2-8H3,(H,50,52)(H,54,59)(H,60,61)(H2,49,53,62)/t31?,33?,39-,47?,48-/m1/s1. The molecule has 4 heterocycles. The van der Waals surface area contributed by atoms with Crippen molar-refractivity contribution in [3.8, 4) is 22.9 Å². The van der Waals surface area contributed by atoms with Crippen molar-refractivity contribution < 1.29 is 38.6 Å². The number of carboxylic acid groups (broad SMARTS) is 1. The van der Waals surface area contributed by atoms with Crippen LogP contribution in [0.2, 0.25) is 0 Å². The van der Waals surface area contributed by atoms with Crippen molar-refractivity contribution in [3.05, 3.63) is 42.3 Å². The van der Waals surface area contributed by atoms with E-state index in [1.807, 2.05) is 52.1 Å². The van der Waals surface area contributed by atoms with Gasteiger partial charge in [0.1, 0.15) is 34.4 Å². The summed E-state index contributed by atoms with van der Waals surface area (Å²) < 4.78 is 12.3. The van der Waals surface area contributed by atoms with E-state index in [4.69, 9.17) is 19.4 Å². The van der Waals surface area contributed by atoms with Crippen molar-refractivity contribution in [2.45, 2.75) is 141 Å². The number of urea groups is 1. The number of anilines is 1. The molecule has 3 fully saturated rings. The number of thiazole rings is 1. The van der Waals surface area contributed by atoms with Gasteiger partial charge in [-0.3, -0.25) is 14.4 Å². The molecule has 3 aliphatic rings. The molecule has 16 nitrogen and oxygen atoms in total. The van der Waals surface area contributed by atoms with Gasteiger partial charge in [0.05, 0.1) is 37.5 Å². The van der Waals surface area contributed by atoms with Crippen molar-refractivity contribution in [1.29, 1.82) is 0 Å². The number of fused-ring (bicyclic) bond motifs is 1. The maximum atomic E-state index is 14.6. The number of methoxy groups -OCH3 is 1. The summed E-state index contributed by atoms with van der Waals surface area (Å²) in [5.74, 6) is -1.39. The monoisotopic (exact) mass is 916 g/mol. The van der Waals surface area contributed by atoms with Crippen molar-refractivity contribution in [2.24, 2.45) is 11.3 Å². The van der Waals surface area contributed by atoms with E-state index < -0.39 is 59.0 Å². The number of aliphatic carboxylic acids is 1. The van der Waals surface area contributed by atoms with E-state index >= 15 is 0 Å². The van der Waals surface area contributed by atoms with Crippen LogP contribution in [-0.2, 0) is 19.2 Å². The number of nitrogens with one attached hydrogen (secondary N) is 4. The molecule has 0 spiro atoms. The number of nitrogens with zero attached hydrogens (tertiary/aromatic N) is 4. The van der Waals surface area contributed by atoms with E-state index in [1.54, 1.807) is 37.1 Å². The van der Waals surface area contributed by atoms with Crippen LogP contribution in [0.15, 0.2) is 42.3 Å². The molecule has 5 amide bonds. The number of carboxylic acids is 1. The van der Waals surface area contributed by atoms with Gasteiger partial charge < -0.3 is 45.6 Å². The largest absolute Gasteiger partial charge is 0.497 e. The second kappa shape index (κ2) is 20.8. The fraction of sp³-hybridized carbons (Fsp3) is 0.604. The molecule has 3 unspecified atom stereocenters. The highest BCUT2D eigenvalue weighted by atomic mass is 32.1. The minimum Gasteiger partial charge on any atom is -0.497 e. The summed E-state index contributed by atoms with van der Waals surface area (Å²) in [6.45, 7) is 15.9. The topological polar surface area (TPSA) is 204 Å². The third-order valence-corrected chi connectivity index (χ3v) is 13.7. The average molecular weight is 917 g/mol. The first kappa shape index (κ1) is 49.0. The van der Waals surface area contributed by atoms with Gasteiger partial charge in [-0.05, 0) is 82.8 Å². The van der Waals surface area contributed by atoms with Crippen LogP contribution in [0.25, 0.3) is 22.3 Å². The fourth-order valence-electron chi connectivity index (χ4n) is 8.90. The maximum absolute atomic E-state index is 14.6. The van der Waals surface area contributed by atoms with Gasteiger partial charge in [-0.1, -0.05) is 46.1 Å². The Labute approximate surface area is 386 Å². The minimum atomic E-state index is -1.55. The summed E-state index contributed by atoms with van der Waals surface area (Å²) >= 11 is 1.46. The van der Waals surface area contributed by atoms with Crippen LogP contribution in [0.1, 0.15) is 112 Å². The normalized spacial score (nSPS) is 22.4. The van der Waals surface area contributed by atoms with Crippen LogP contribution < -0.4 is 30.7 Å². The summed E-state index contributed by atoms with van der Waals surface area (Å²) in [5.41, 5.74) is -1.63. The Morgan fingerprint density at radius 2 is 1.83 bits per heavy atom. The lowest BCUT2D eigenvalue weighted by Crippen LogP contribution is -2.61. The van der Waals surface area contributed by atoms with Crippen LogP contribution >= 0.6 is 11.3 Å². The summed E-state index contributed by atoms with van der Waals surface area (Å²) in [7, 11) is 1.58. The number of carbonyl (C=O) groups excluding carboxylic acids is 4. The zero-order chi connectivity index (χ0) is 47.1. The number of hydrogen-bond donors (Lipinski definition) is 5. The van der Waals surface area contributed by atoms with Gasteiger partial charge in [0.15, 0.2) is 5.13 Å². The number of amides is 5. The quantitative estimate of drug-likeness (QED) is 0.0537. The number of rotatable bonds is 21. The van der Waals surface area contributed by atoms with Crippen LogP contribution in [0.5, 0.6) is 11.5 Å². The molecule has 2 aliphatic heterocycles. The zero-order valence-corrected chi connectivity index (χ0v) is 39.9. The smallest absolute Gasteiger partial charge is 0.329 e. The molecule has 2 saturated heterocycles. The second-order valence-corrected chi connectivity index (χ2v) is 20.3. The third kappa shape index (κ3) is 11.9. The Balaban J connectivity index is 1.24. The number of ether oxygens (including phenoxy) is 2. The number of piperidine rings is 1. The number of pyridine rings is 1. The molecule has 354 valence electrons. The number of hydrogen-bond acceptors (Lipinski definition) is 11. The van der Waals surface area contributed by atoms with Gasteiger partial charge in [-0.25, -0.2) is 19.6 Å². The SMILES string of the molecule is C=CCCCCCCC1C[C@]1(NC(=O)C1(C)CC(Oc2cc(-c3csc(NC(C)C)n3)nc3cc(OC)ccc23)CN1C(=O)CNC(=O)N[C@H](CN1CCCCC1=O)C(C)(C)C)C(=O)O. The molecule has 3 aromatic rings. The lowest BCUT2D eigenvalue weighted by molar-refractivity contribution is -0.148. The highest BCUT2D eigenvalue weighted by Gasteiger charge is 2.63. The van der Waals surface area contributed by atoms with Crippen molar-refractivity contribution in [2.75, 3.05) is 38.6 Å². The van der Waals surface area contributed by atoms with E-state index in [9.17, 15) is 29.1 Å². The molecule has 2 aromatic heterocycles. The summed E-state index contributed by atoms with van der Waals surface area (Å²) in [6.07, 6.45) is 9.15. The molecule has 5 atom stereocenters. The Kier molecular flexibility index (Phi) is 15.7. The highest BCUT2D eigenvalue weighted by Crippen LogP contribution is 2.48. The first-order valence-electron chi connectivity index (χ1n) is 23.0. The summed E-state index contributed by atoms with van der Waals surface area (Å²) in [4.78, 5) is 80.9. The molecular weight excluding hydrogens is 849 g/mol. The van der Waals surface area contributed by atoms with Crippen molar-refractivity contribution >= 4 is 57.1 Å². The van der Waals surface area contributed by atoms with E-state index in [1.165, 1.54) is 16.2 Å². The van der Waals surface area contributed by atoms with Gasteiger partial charge in [-0.2, -0.15) is 0 Å². The van der Waals surface area contributed by atoms with Crippen LogP contribution in [0, 0.1) is 11.3 Å². The summed E-state index contributed by atoms with van der Waals surface area (Å²) in [6, 6.07) is 6.43. The van der Waals surface area contributed by atoms with E-state index in [0.717, 1.165) is 50.1 Å². The van der Waals surface area contributed by atoms with E-state index in [-0.39, 0.29) is 30.8 Å². The summed E-state index contributed by atoms with van der Waals surface area (Å²) in [5, 5.41) is 25.8. The lowest BCUT2D eigenvalue weighted by atomic mass is 9.86. The average Bonchev–Trinajstić information content (AvgIpc) is 3.56. The Bertz CT molecular complexity index is 2230. The molecule has 5 N–H and O–H groups in total. The van der Waals surface area contributed by atoms with Gasteiger partial charge in [-0.15, -0.1) is 17.9 Å². The maximum Gasteiger partial charge on any atom is 0.329 e. The molecule has 17 heteroatoms. The lowest BCUT2D eigenvalue weighted by Gasteiger charge is -2.37. The minimum absolute atomic E-state index is 0.0313. The molecule has 65 heavy (non-hydrogen) atoms. The molecule has 0 bridgehead atoms. The van der Waals surface area contributed by atoms with Crippen LogP contribution in [0.3, 0.4) is 0 Å². The first-order chi connectivity index (χ1) is 30.9. The van der Waals surface area contributed by atoms with E-state index in [2.05, 4.69) is 27.8 Å². The van der Waals surface area contributed by atoms with Gasteiger partial charge in [0, 0.05) is 54.9 Å². The molecule has 1 saturated carbocycles. The second-order valence-electron chi connectivity index (χ2n) is 19.4. The van der Waals surface area contributed by atoms with Gasteiger partial charge in [0.25, 0.3) is 0 Å². The van der Waals surface area contributed by atoms with E-state index in [0.29, 0.717) is 66.1 Å². The van der Waals surface area contributed by atoms with Gasteiger partial charge >= 0.3 is 12.0 Å². The molecule has 6 rings (SSSR count).